The third kappa shape index (κ3) is 2.26. The first-order valence-corrected chi connectivity index (χ1v) is 8.69. The zero-order chi connectivity index (χ0) is 16.8. The largest absolute Gasteiger partial charge is 0.497 e. The van der Waals surface area contributed by atoms with Crippen LogP contribution in [-0.4, -0.2) is 18.0 Å². The van der Waals surface area contributed by atoms with Gasteiger partial charge in [0.25, 0.3) is 0 Å². The Morgan fingerprint density at radius 3 is 2.79 bits per heavy atom. The molecule has 24 heavy (non-hydrogen) atoms. The summed E-state index contributed by atoms with van der Waals surface area (Å²) in [6.45, 7) is 0.859. The summed E-state index contributed by atoms with van der Waals surface area (Å²) < 4.78 is 8.10. The van der Waals surface area contributed by atoms with E-state index in [1.165, 1.54) is 5.56 Å². The minimum absolute atomic E-state index is 0.200. The first kappa shape index (κ1) is 15.4. The van der Waals surface area contributed by atoms with E-state index in [2.05, 4.69) is 22.8 Å². The molecule has 1 aromatic carbocycles. The van der Waals surface area contributed by atoms with Gasteiger partial charge in [0.2, 0.25) is 5.43 Å². The molecule has 0 aromatic heterocycles. The molecule has 0 saturated heterocycles. The van der Waals surface area contributed by atoms with Crippen LogP contribution in [0.2, 0.25) is 0 Å². The second-order valence-corrected chi connectivity index (χ2v) is 6.93. The monoisotopic (exact) mass is 431 g/mol. The number of aromatic nitrogens is 1. The van der Waals surface area contributed by atoms with Crippen LogP contribution in [0.5, 0.6) is 5.75 Å². The van der Waals surface area contributed by atoms with Crippen LogP contribution >= 0.6 is 22.6 Å². The van der Waals surface area contributed by atoms with E-state index >= 15 is 0 Å². The minimum atomic E-state index is -0.200. The van der Waals surface area contributed by atoms with Crippen molar-refractivity contribution < 1.29 is 9.53 Å². The lowest BCUT2D eigenvalue weighted by molar-refractivity contribution is 0.112. The van der Waals surface area contributed by atoms with E-state index < -0.39 is 0 Å². The van der Waals surface area contributed by atoms with Crippen LogP contribution in [0.25, 0.3) is 22.4 Å². The molecule has 2 heterocycles. The van der Waals surface area contributed by atoms with Gasteiger partial charge >= 0.3 is 0 Å². The van der Waals surface area contributed by atoms with Crippen molar-refractivity contribution in [3.05, 3.63) is 61.4 Å². The first-order valence-electron chi connectivity index (χ1n) is 7.61. The van der Waals surface area contributed by atoms with E-state index in [0.717, 1.165) is 41.1 Å². The van der Waals surface area contributed by atoms with Gasteiger partial charge in [0.15, 0.2) is 6.29 Å². The highest BCUT2D eigenvalue weighted by atomic mass is 127. The Morgan fingerprint density at radius 1 is 1.21 bits per heavy atom. The normalized spacial score (nSPS) is 12.6. The van der Waals surface area contributed by atoms with Crippen molar-refractivity contribution in [1.82, 2.24) is 4.57 Å². The Balaban J connectivity index is 2.00. The molecule has 0 atom stereocenters. The molecule has 4 nitrogen and oxygen atoms in total. The minimum Gasteiger partial charge on any atom is -0.497 e. The maximum Gasteiger partial charge on any atom is 0.203 e. The molecular formula is C19H14INO3. The molecule has 2 aliphatic heterocycles. The number of fused-ring (bicyclic) bond motifs is 4. The molecule has 0 saturated carbocycles. The fraction of sp³-hybridized carbons (Fsp3) is 0.158. The van der Waals surface area contributed by atoms with Crippen molar-refractivity contribution in [2.45, 2.75) is 13.0 Å². The van der Waals surface area contributed by atoms with Crippen LogP contribution in [0.15, 0.2) is 41.3 Å². The second kappa shape index (κ2) is 5.73. The van der Waals surface area contributed by atoms with Gasteiger partial charge < -0.3 is 9.30 Å². The van der Waals surface area contributed by atoms with Gasteiger partial charge in [-0.15, -0.1) is 0 Å². The molecule has 0 amide bonds. The maximum absolute atomic E-state index is 12.2. The fourth-order valence-corrected chi connectivity index (χ4v) is 4.08. The fourth-order valence-electron chi connectivity index (χ4n) is 3.30. The molecule has 0 radical (unpaired) electrons. The van der Waals surface area contributed by atoms with Gasteiger partial charge in [0.1, 0.15) is 5.75 Å². The summed E-state index contributed by atoms with van der Waals surface area (Å²) in [6.07, 6.45) is 3.59. The lowest BCUT2D eigenvalue weighted by Crippen LogP contribution is -2.17. The van der Waals surface area contributed by atoms with Crippen LogP contribution in [0.1, 0.15) is 15.9 Å². The van der Waals surface area contributed by atoms with Crippen molar-refractivity contribution in [2.75, 3.05) is 7.11 Å². The van der Waals surface area contributed by atoms with Crippen molar-refractivity contribution >= 4 is 28.9 Å². The number of hydrogen-bond acceptors (Lipinski definition) is 3. The third-order valence-corrected chi connectivity index (χ3v) is 5.61. The lowest BCUT2D eigenvalue weighted by Gasteiger charge is -2.25. The van der Waals surface area contributed by atoms with Crippen LogP contribution in [0.4, 0.5) is 0 Å². The van der Waals surface area contributed by atoms with E-state index in [-0.39, 0.29) is 11.0 Å². The van der Waals surface area contributed by atoms with Gasteiger partial charge in [-0.3, -0.25) is 9.59 Å². The number of methoxy groups -OCH3 is 1. The van der Waals surface area contributed by atoms with Gasteiger partial charge in [-0.1, -0.05) is 0 Å². The number of carbonyl (C=O) groups excluding carboxylic acids is 1. The molecule has 4 rings (SSSR count). The SMILES string of the molecule is COc1ccc2c(c1)CCn1cc3cc(C=O)c(=O)c(I)c-3cc1-2. The predicted octanol–water partition coefficient (Wildman–Crippen LogP) is 3.60. The highest BCUT2D eigenvalue weighted by Gasteiger charge is 2.21. The van der Waals surface area contributed by atoms with Crippen molar-refractivity contribution in [3.63, 3.8) is 0 Å². The zero-order valence-corrected chi connectivity index (χ0v) is 15.2. The molecule has 0 bridgehead atoms. The summed E-state index contributed by atoms with van der Waals surface area (Å²) in [6, 6.07) is 9.83. The predicted molar refractivity (Wildman–Crippen MR) is 101 cm³/mol. The zero-order valence-electron chi connectivity index (χ0n) is 13.0. The Morgan fingerprint density at radius 2 is 2.04 bits per heavy atom. The molecule has 1 aliphatic carbocycles. The van der Waals surface area contributed by atoms with Crippen LogP contribution in [0, 0.1) is 3.57 Å². The van der Waals surface area contributed by atoms with Crippen molar-refractivity contribution in [1.29, 1.82) is 0 Å². The average molecular weight is 431 g/mol. The molecule has 0 N–H and O–H groups in total. The van der Waals surface area contributed by atoms with Gasteiger partial charge in [0, 0.05) is 35.1 Å². The number of rotatable bonds is 2. The lowest BCUT2D eigenvalue weighted by atomic mass is 9.93. The number of carbonyl (C=O) groups is 1. The number of aldehydes is 1. The summed E-state index contributed by atoms with van der Waals surface area (Å²) in [7, 11) is 1.67. The molecule has 5 heteroatoms. The van der Waals surface area contributed by atoms with Gasteiger partial charge in [-0.2, -0.15) is 0 Å². The summed E-state index contributed by atoms with van der Waals surface area (Å²) in [5.41, 5.74) is 5.31. The van der Waals surface area contributed by atoms with E-state index in [4.69, 9.17) is 4.74 Å². The molecule has 0 spiro atoms. The summed E-state index contributed by atoms with van der Waals surface area (Å²) in [5, 5.41) is 0. The van der Waals surface area contributed by atoms with Crippen LogP contribution in [0.3, 0.4) is 0 Å². The maximum atomic E-state index is 12.2. The standard InChI is InChI=1S/C19H14INO3/c1-24-14-2-3-15-11(7-14)4-5-21-9-12-6-13(10-22)19(23)18(20)16(12)8-17(15)21/h2-3,6-10H,4-5H2,1H3. The summed E-state index contributed by atoms with van der Waals surface area (Å²) >= 11 is 2.04. The number of aryl methyl sites for hydroxylation is 2. The number of ether oxygens (including phenoxy) is 1. The Kier molecular flexibility index (Phi) is 3.68. The van der Waals surface area contributed by atoms with Gasteiger partial charge in [-0.25, -0.2) is 0 Å². The third-order valence-electron chi connectivity index (χ3n) is 4.54. The topological polar surface area (TPSA) is 48.3 Å². The molecule has 3 aliphatic rings. The summed E-state index contributed by atoms with van der Waals surface area (Å²) in [4.78, 5) is 23.4. The van der Waals surface area contributed by atoms with Gasteiger partial charge in [-0.05, 0) is 64.9 Å². The second-order valence-electron chi connectivity index (χ2n) is 5.85. The number of halogens is 1. The van der Waals surface area contributed by atoms with E-state index in [1.807, 2.05) is 34.9 Å². The quantitative estimate of drug-likeness (QED) is 0.460. The average Bonchev–Trinajstić information content (AvgIpc) is 2.62. The molecular weight excluding hydrogens is 417 g/mol. The molecule has 0 fully saturated rings. The van der Waals surface area contributed by atoms with Crippen molar-refractivity contribution in [2.24, 2.45) is 0 Å². The molecule has 120 valence electrons. The van der Waals surface area contributed by atoms with E-state index in [0.29, 0.717) is 9.86 Å². The van der Waals surface area contributed by atoms with Crippen LogP contribution in [-0.2, 0) is 13.0 Å². The number of benzene rings is 2. The van der Waals surface area contributed by atoms with Gasteiger partial charge in [0.05, 0.1) is 16.2 Å². The Bertz CT molecular complexity index is 1010. The highest BCUT2D eigenvalue weighted by Crippen LogP contribution is 2.36. The molecule has 1 aromatic rings. The number of hydrogen-bond donors (Lipinski definition) is 0. The van der Waals surface area contributed by atoms with E-state index in [1.54, 1.807) is 13.2 Å². The number of pyridine rings is 1. The van der Waals surface area contributed by atoms with Crippen molar-refractivity contribution in [3.8, 4) is 28.1 Å². The Labute approximate surface area is 152 Å². The van der Waals surface area contributed by atoms with E-state index in [9.17, 15) is 9.59 Å². The number of nitrogens with zero attached hydrogens (tertiary/aromatic N) is 1. The molecule has 0 unspecified atom stereocenters. The smallest absolute Gasteiger partial charge is 0.203 e. The first-order chi connectivity index (χ1) is 11.6. The Hall–Kier alpha value is -2.15. The summed E-state index contributed by atoms with van der Waals surface area (Å²) in [5.74, 6) is 0.857. The highest BCUT2D eigenvalue weighted by molar-refractivity contribution is 14.1. The van der Waals surface area contributed by atoms with Crippen LogP contribution < -0.4 is 10.2 Å².